The van der Waals surface area contributed by atoms with E-state index in [9.17, 15) is 9.18 Å². The molecule has 0 radical (unpaired) electrons. The molecule has 37 heavy (non-hydrogen) atoms. The van der Waals surface area contributed by atoms with E-state index in [2.05, 4.69) is 21.6 Å². The molecule has 1 aliphatic carbocycles. The third-order valence-corrected chi connectivity index (χ3v) is 8.13. The summed E-state index contributed by atoms with van der Waals surface area (Å²) in [7, 11) is 0. The highest BCUT2D eigenvalue weighted by Crippen LogP contribution is 2.60. The Hall–Kier alpha value is -3.91. The minimum Gasteiger partial charge on any atom is -0.303 e. The Morgan fingerprint density at radius 2 is 1.95 bits per heavy atom. The Morgan fingerprint density at radius 1 is 1.08 bits per heavy atom. The minimum atomic E-state index is -0.175. The fraction of sp³-hybridized carbons (Fsp3) is 0.250. The van der Waals surface area contributed by atoms with E-state index >= 15 is 0 Å². The highest BCUT2D eigenvalue weighted by molar-refractivity contribution is 6.31. The number of fused-ring (bicyclic) bond motifs is 3. The van der Waals surface area contributed by atoms with E-state index in [0.29, 0.717) is 34.4 Å². The van der Waals surface area contributed by atoms with Crippen LogP contribution in [0.2, 0.25) is 5.02 Å². The second kappa shape index (κ2) is 8.05. The number of rotatable bonds is 4. The normalized spacial score (nSPS) is 21.5. The van der Waals surface area contributed by atoms with Gasteiger partial charge in [0, 0.05) is 46.6 Å². The summed E-state index contributed by atoms with van der Waals surface area (Å²) in [6, 6.07) is 12.9. The van der Waals surface area contributed by atoms with Crippen molar-refractivity contribution in [2.24, 2.45) is 10.9 Å². The SMILES string of the molecule is Cc1ccc(C2=CN=C(C3C4CC4c4cc(-c5cc(Cl)ccc5-n5cnnn5)cc(=O)n43)C2)c(C)c1F. The van der Waals surface area contributed by atoms with E-state index < -0.39 is 0 Å². The van der Waals surface area contributed by atoms with Gasteiger partial charge in [0.15, 0.2) is 0 Å². The highest BCUT2D eigenvalue weighted by Gasteiger charge is 2.54. The molecule has 3 atom stereocenters. The summed E-state index contributed by atoms with van der Waals surface area (Å²) >= 11 is 6.34. The minimum absolute atomic E-state index is 0.0685. The predicted octanol–water partition coefficient (Wildman–Crippen LogP) is 5.44. The zero-order chi connectivity index (χ0) is 25.4. The Labute approximate surface area is 216 Å². The average Bonchev–Trinajstić information content (AvgIpc) is 3.23. The topological polar surface area (TPSA) is 78.0 Å². The molecule has 0 spiro atoms. The van der Waals surface area contributed by atoms with Gasteiger partial charge in [-0.15, -0.1) is 5.10 Å². The largest absolute Gasteiger partial charge is 0.303 e. The first-order chi connectivity index (χ1) is 17.9. The van der Waals surface area contributed by atoms with Crippen molar-refractivity contribution in [2.75, 3.05) is 0 Å². The zero-order valence-electron chi connectivity index (χ0n) is 20.2. The van der Waals surface area contributed by atoms with E-state index in [1.807, 2.05) is 42.0 Å². The van der Waals surface area contributed by atoms with Crippen LogP contribution in [0.1, 0.15) is 47.2 Å². The first-order valence-electron chi connectivity index (χ1n) is 12.2. The van der Waals surface area contributed by atoms with Crippen molar-refractivity contribution in [1.82, 2.24) is 24.8 Å². The van der Waals surface area contributed by atoms with E-state index in [4.69, 9.17) is 16.6 Å². The van der Waals surface area contributed by atoms with Crippen LogP contribution in [0.3, 0.4) is 0 Å². The molecule has 0 amide bonds. The van der Waals surface area contributed by atoms with Crippen molar-refractivity contribution in [2.45, 2.75) is 38.6 Å². The van der Waals surface area contributed by atoms with Crippen LogP contribution in [0.25, 0.3) is 22.4 Å². The maximum atomic E-state index is 14.6. The number of benzene rings is 2. The number of nitrogens with zero attached hydrogens (tertiary/aromatic N) is 6. The van der Waals surface area contributed by atoms with Gasteiger partial charge in [-0.25, -0.2) is 4.39 Å². The van der Waals surface area contributed by atoms with E-state index in [1.165, 1.54) is 6.33 Å². The number of hydrogen-bond donors (Lipinski definition) is 0. The second-order valence-corrected chi connectivity index (χ2v) is 10.5. The summed E-state index contributed by atoms with van der Waals surface area (Å²) in [5.41, 5.74) is 7.39. The van der Waals surface area contributed by atoms with Crippen molar-refractivity contribution in [3.8, 4) is 16.8 Å². The lowest BCUT2D eigenvalue weighted by atomic mass is 9.94. The average molecular weight is 513 g/mol. The van der Waals surface area contributed by atoms with Crippen LogP contribution >= 0.6 is 11.6 Å². The molecule has 3 aliphatic rings. The van der Waals surface area contributed by atoms with Gasteiger partial charge >= 0.3 is 0 Å². The van der Waals surface area contributed by atoms with Crippen LogP contribution in [0.4, 0.5) is 4.39 Å². The molecule has 2 aromatic carbocycles. The van der Waals surface area contributed by atoms with Gasteiger partial charge in [0.05, 0.1) is 11.7 Å². The van der Waals surface area contributed by atoms with Crippen LogP contribution in [0.15, 0.2) is 64.8 Å². The van der Waals surface area contributed by atoms with E-state index in [0.717, 1.165) is 45.8 Å². The number of aromatic nitrogens is 5. The molecule has 7 rings (SSSR count). The smallest absolute Gasteiger partial charge is 0.251 e. The molecule has 4 heterocycles. The first-order valence-corrected chi connectivity index (χ1v) is 12.6. The Kier molecular flexibility index (Phi) is 4.85. The Bertz CT molecular complexity index is 1720. The van der Waals surface area contributed by atoms with Crippen LogP contribution in [-0.4, -0.2) is 30.5 Å². The van der Waals surface area contributed by atoms with Gasteiger partial charge < -0.3 is 4.57 Å². The molecule has 2 aliphatic heterocycles. The number of tetrazole rings is 1. The molecule has 7 nitrogen and oxygen atoms in total. The second-order valence-electron chi connectivity index (χ2n) is 10.1. The van der Waals surface area contributed by atoms with E-state index in [1.54, 1.807) is 23.7 Å². The summed E-state index contributed by atoms with van der Waals surface area (Å²) in [5, 5.41) is 12.1. The fourth-order valence-corrected chi connectivity index (χ4v) is 6.17. The predicted molar refractivity (Wildman–Crippen MR) is 140 cm³/mol. The molecule has 2 aromatic heterocycles. The lowest BCUT2D eigenvalue weighted by molar-refractivity contribution is 0.584. The van der Waals surface area contributed by atoms with Crippen molar-refractivity contribution in [3.63, 3.8) is 0 Å². The molecule has 4 aromatic rings. The van der Waals surface area contributed by atoms with Crippen LogP contribution < -0.4 is 5.56 Å². The number of halogens is 2. The molecule has 1 fully saturated rings. The van der Waals surface area contributed by atoms with Gasteiger partial charge in [-0.1, -0.05) is 23.7 Å². The fourth-order valence-electron chi connectivity index (χ4n) is 6.00. The number of aliphatic imine (C=N–C) groups is 1. The summed E-state index contributed by atoms with van der Waals surface area (Å²) in [4.78, 5) is 18.3. The molecular formula is C28H22ClFN6O. The molecule has 184 valence electrons. The van der Waals surface area contributed by atoms with Gasteiger partial charge in [0.2, 0.25) is 0 Å². The zero-order valence-corrected chi connectivity index (χ0v) is 20.9. The lowest BCUT2D eigenvalue weighted by Gasteiger charge is -2.20. The molecule has 9 heteroatoms. The summed E-state index contributed by atoms with van der Waals surface area (Å²) < 4.78 is 18.0. The summed E-state index contributed by atoms with van der Waals surface area (Å²) in [6.07, 6.45) is 4.99. The van der Waals surface area contributed by atoms with Crippen molar-refractivity contribution in [1.29, 1.82) is 0 Å². The first kappa shape index (κ1) is 22.3. The lowest BCUT2D eigenvalue weighted by Crippen LogP contribution is -2.29. The van der Waals surface area contributed by atoms with Gasteiger partial charge in [0.1, 0.15) is 12.1 Å². The number of pyridine rings is 1. The highest BCUT2D eigenvalue weighted by atomic mass is 35.5. The molecule has 0 saturated heterocycles. The Balaban J connectivity index is 1.25. The van der Waals surface area contributed by atoms with Gasteiger partial charge in [0.25, 0.3) is 5.56 Å². The standard InChI is InChI=1S/C28H22ClFN6O/c1-14-3-5-19(15(2)27(14)30)17-7-23(31-12-17)28-22-11-21(22)25-8-16(9-26(37)36(25)28)20-10-18(29)4-6-24(20)35-13-32-33-34-35/h3-6,8-10,12-13,21-22,28H,7,11H2,1-2H3. The van der Waals surface area contributed by atoms with Gasteiger partial charge in [-0.2, -0.15) is 4.68 Å². The molecule has 3 unspecified atom stereocenters. The van der Waals surface area contributed by atoms with Crippen LogP contribution in [0.5, 0.6) is 0 Å². The molecule has 0 bridgehead atoms. The number of aryl methyl sites for hydroxylation is 1. The van der Waals surface area contributed by atoms with Crippen molar-refractivity contribution < 1.29 is 4.39 Å². The Morgan fingerprint density at radius 3 is 2.76 bits per heavy atom. The molecular weight excluding hydrogens is 491 g/mol. The summed E-state index contributed by atoms with van der Waals surface area (Å²) in [6.45, 7) is 3.58. The number of allylic oxidation sites excluding steroid dienone is 1. The third-order valence-electron chi connectivity index (χ3n) is 7.89. The molecule has 1 saturated carbocycles. The van der Waals surface area contributed by atoms with E-state index in [-0.39, 0.29) is 17.4 Å². The maximum absolute atomic E-state index is 14.6. The van der Waals surface area contributed by atoms with Crippen LogP contribution in [-0.2, 0) is 0 Å². The summed E-state index contributed by atoms with van der Waals surface area (Å²) in [5.74, 6) is 0.494. The van der Waals surface area contributed by atoms with Crippen molar-refractivity contribution >= 4 is 22.9 Å². The monoisotopic (exact) mass is 512 g/mol. The molecule has 0 N–H and O–H groups in total. The van der Waals surface area contributed by atoms with Gasteiger partial charge in [-0.3, -0.25) is 9.79 Å². The number of hydrogen-bond acceptors (Lipinski definition) is 5. The maximum Gasteiger partial charge on any atom is 0.251 e. The third kappa shape index (κ3) is 3.43. The van der Waals surface area contributed by atoms with Gasteiger partial charge in [-0.05, 0) is 88.7 Å². The quantitative estimate of drug-likeness (QED) is 0.364. The van der Waals surface area contributed by atoms with Crippen LogP contribution in [0, 0.1) is 25.6 Å². The van der Waals surface area contributed by atoms with Crippen molar-refractivity contribution in [3.05, 3.63) is 98.6 Å².